The minimum atomic E-state index is -0.622. The number of hydrogen-bond donors (Lipinski definition) is 0. The van der Waals surface area contributed by atoms with E-state index in [2.05, 4.69) is 13.5 Å². The molecular weight excluding hydrogens is 388 g/mol. The topological polar surface area (TPSA) is 79.6 Å². The van der Waals surface area contributed by atoms with Crippen molar-refractivity contribution < 1.29 is 19.1 Å². The second kappa shape index (κ2) is 11.3. The molecule has 2 rings (SSSR count). The lowest BCUT2D eigenvalue weighted by Crippen LogP contribution is -2.22. The summed E-state index contributed by atoms with van der Waals surface area (Å²) in [5.41, 5.74) is 1.39. The van der Waals surface area contributed by atoms with Crippen LogP contribution in [0, 0.1) is 11.3 Å². The van der Waals surface area contributed by atoms with E-state index in [4.69, 9.17) is 9.47 Å². The molecule has 0 bridgehead atoms. The number of benzene rings is 1. The van der Waals surface area contributed by atoms with Crippen LogP contribution in [0.3, 0.4) is 0 Å². The van der Waals surface area contributed by atoms with Crippen LogP contribution in [0.4, 0.5) is 5.69 Å². The van der Waals surface area contributed by atoms with Gasteiger partial charge in [-0.1, -0.05) is 43.8 Å². The zero-order chi connectivity index (χ0) is 21.2. The van der Waals surface area contributed by atoms with Gasteiger partial charge >= 0.3 is 11.9 Å². The number of anilines is 1. The van der Waals surface area contributed by atoms with Gasteiger partial charge in [0.2, 0.25) is 0 Å². The molecule has 1 aliphatic heterocycles. The number of thioether (sulfide) groups is 1. The fourth-order valence-electron chi connectivity index (χ4n) is 2.67. The summed E-state index contributed by atoms with van der Waals surface area (Å²) < 4.78 is 10.3. The van der Waals surface area contributed by atoms with Gasteiger partial charge in [-0.2, -0.15) is 5.26 Å². The lowest BCUT2D eigenvalue weighted by atomic mass is 10.2. The van der Waals surface area contributed by atoms with Gasteiger partial charge in [-0.05, 0) is 38.3 Å². The van der Waals surface area contributed by atoms with E-state index < -0.39 is 11.9 Å². The van der Waals surface area contributed by atoms with Crippen LogP contribution in [0.2, 0.25) is 0 Å². The smallest absolute Gasteiger partial charge is 0.351 e. The summed E-state index contributed by atoms with van der Waals surface area (Å²) in [7, 11) is 0. The number of nitriles is 1. The summed E-state index contributed by atoms with van der Waals surface area (Å²) in [5.74, 6) is -1.05. The lowest BCUT2D eigenvalue weighted by Gasteiger charge is -2.20. The average molecular weight is 415 g/mol. The first-order chi connectivity index (χ1) is 14.0. The van der Waals surface area contributed by atoms with Crippen molar-refractivity contribution in [3.63, 3.8) is 0 Å². The molecule has 0 aliphatic carbocycles. The van der Waals surface area contributed by atoms with Gasteiger partial charge in [-0.25, -0.2) is 9.59 Å². The normalized spacial score (nSPS) is 14.0. The molecule has 0 aromatic heterocycles. The maximum absolute atomic E-state index is 12.5. The highest BCUT2D eigenvalue weighted by atomic mass is 32.2. The standard InChI is InChI=1S/C22H26N2O4S/c1-4-5-12-24-18-10-6-7-11-19(18)29-20(24)17(15-23)22(26)28-14-9-8-13-27-21(25)16(2)3/h6-7,10-11H,2,4-5,8-9,12-14H2,1,3H3. The molecule has 0 saturated carbocycles. The minimum Gasteiger partial charge on any atom is -0.462 e. The van der Waals surface area contributed by atoms with Crippen molar-refractivity contribution in [1.29, 1.82) is 5.26 Å². The molecule has 6 nitrogen and oxygen atoms in total. The van der Waals surface area contributed by atoms with Gasteiger partial charge in [0.15, 0.2) is 5.57 Å². The van der Waals surface area contributed by atoms with Crippen molar-refractivity contribution in [2.75, 3.05) is 24.7 Å². The van der Waals surface area contributed by atoms with Gasteiger partial charge < -0.3 is 14.4 Å². The highest BCUT2D eigenvalue weighted by Gasteiger charge is 2.30. The number of ether oxygens (including phenoxy) is 2. The highest BCUT2D eigenvalue weighted by molar-refractivity contribution is 8.03. The van der Waals surface area contributed by atoms with Crippen LogP contribution in [0.5, 0.6) is 0 Å². The highest BCUT2D eigenvalue weighted by Crippen LogP contribution is 2.47. The van der Waals surface area contributed by atoms with Crippen LogP contribution in [-0.2, 0) is 19.1 Å². The molecule has 0 saturated heterocycles. The van der Waals surface area contributed by atoms with Crippen molar-refractivity contribution in [1.82, 2.24) is 0 Å². The SMILES string of the molecule is C=C(C)C(=O)OCCCCOC(=O)C(C#N)=C1Sc2ccccc2N1CCCC. The molecule has 29 heavy (non-hydrogen) atoms. The Morgan fingerprint density at radius 1 is 1.14 bits per heavy atom. The minimum absolute atomic E-state index is 0.0241. The Hall–Kier alpha value is -2.72. The van der Waals surface area contributed by atoms with Gasteiger partial charge in [0.05, 0.1) is 18.9 Å². The van der Waals surface area contributed by atoms with Gasteiger partial charge in [-0.15, -0.1) is 0 Å². The predicted octanol–water partition coefficient (Wildman–Crippen LogP) is 4.58. The van der Waals surface area contributed by atoms with E-state index in [9.17, 15) is 14.9 Å². The summed E-state index contributed by atoms with van der Waals surface area (Å²) >= 11 is 1.43. The van der Waals surface area contributed by atoms with Crippen LogP contribution in [0.1, 0.15) is 39.5 Å². The van der Waals surface area contributed by atoms with Crippen molar-refractivity contribution >= 4 is 29.4 Å². The maximum atomic E-state index is 12.5. The van der Waals surface area contributed by atoms with Crippen LogP contribution in [0.15, 0.2) is 51.9 Å². The molecule has 1 aromatic rings. The van der Waals surface area contributed by atoms with Crippen molar-refractivity contribution in [3.8, 4) is 6.07 Å². The van der Waals surface area contributed by atoms with Gasteiger partial charge in [0.25, 0.3) is 0 Å². The number of fused-ring (bicyclic) bond motifs is 1. The maximum Gasteiger partial charge on any atom is 0.351 e. The molecule has 0 spiro atoms. The van der Waals surface area contributed by atoms with Gasteiger partial charge in [-0.3, -0.25) is 0 Å². The molecule has 0 N–H and O–H groups in total. The Kier molecular flexibility index (Phi) is 8.81. The molecule has 7 heteroatoms. The van der Waals surface area contributed by atoms with E-state index in [0.717, 1.165) is 30.0 Å². The average Bonchev–Trinajstić information content (AvgIpc) is 3.07. The van der Waals surface area contributed by atoms with Crippen molar-refractivity contribution in [2.45, 2.75) is 44.4 Å². The second-order valence-corrected chi connectivity index (χ2v) is 7.66. The first kappa shape index (κ1) is 22.6. The van der Waals surface area contributed by atoms with E-state index in [0.29, 0.717) is 23.4 Å². The lowest BCUT2D eigenvalue weighted by molar-refractivity contribution is -0.141. The third kappa shape index (κ3) is 6.13. The number of hydrogen-bond acceptors (Lipinski definition) is 7. The first-order valence-electron chi connectivity index (χ1n) is 9.68. The number of unbranched alkanes of at least 4 members (excludes halogenated alkanes) is 2. The fourth-order valence-corrected chi connectivity index (χ4v) is 3.84. The quantitative estimate of drug-likeness (QED) is 0.240. The Morgan fingerprint density at radius 3 is 2.41 bits per heavy atom. The van der Waals surface area contributed by atoms with E-state index >= 15 is 0 Å². The summed E-state index contributed by atoms with van der Waals surface area (Å²) in [6.45, 7) is 8.35. The van der Waals surface area contributed by atoms with Crippen molar-refractivity contribution in [2.24, 2.45) is 0 Å². The van der Waals surface area contributed by atoms with Crippen LogP contribution in [-0.4, -0.2) is 31.7 Å². The molecule has 1 aliphatic rings. The number of rotatable bonds is 10. The van der Waals surface area contributed by atoms with E-state index in [-0.39, 0.29) is 18.8 Å². The third-order valence-corrected chi connectivity index (χ3v) is 5.41. The van der Waals surface area contributed by atoms with Crippen LogP contribution in [0.25, 0.3) is 0 Å². The summed E-state index contributed by atoms with van der Waals surface area (Å²) in [6.07, 6.45) is 3.07. The van der Waals surface area contributed by atoms with Crippen LogP contribution >= 0.6 is 11.8 Å². The van der Waals surface area contributed by atoms with E-state index in [1.54, 1.807) is 6.92 Å². The molecule has 1 heterocycles. The third-order valence-electron chi connectivity index (χ3n) is 4.23. The molecular formula is C22H26N2O4S. The van der Waals surface area contributed by atoms with Crippen LogP contribution < -0.4 is 4.90 Å². The molecule has 0 radical (unpaired) electrons. The Morgan fingerprint density at radius 2 is 1.79 bits per heavy atom. The van der Waals surface area contributed by atoms with Crippen molar-refractivity contribution in [3.05, 3.63) is 47.0 Å². The summed E-state index contributed by atoms with van der Waals surface area (Å²) in [6, 6.07) is 9.90. The number of nitrogens with zero attached hydrogens (tertiary/aromatic N) is 2. The summed E-state index contributed by atoms with van der Waals surface area (Å²) in [5, 5.41) is 10.2. The number of esters is 2. The number of carbonyl (C=O) groups is 2. The molecule has 0 amide bonds. The van der Waals surface area contributed by atoms with Gasteiger partial charge in [0, 0.05) is 17.0 Å². The molecule has 0 fully saturated rings. The largest absolute Gasteiger partial charge is 0.462 e. The second-order valence-electron chi connectivity index (χ2n) is 6.63. The monoisotopic (exact) mass is 414 g/mol. The molecule has 154 valence electrons. The number of carbonyl (C=O) groups excluding carboxylic acids is 2. The summed E-state index contributed by atoms with van der Waals surface area (Å²) in [4.78, 5) is 26.9. The number of para-hydroxylation sites is 1. The molecule has 0 atom stereocenters. The zero-order valence-corrected chi connectivity index (χ0v) is 17.7. The Balaban J connectivity index is 1.97. The Bertz CT molecular complexity index is 841. The fraction of sp³-hybridized carbons (Fsp3) is 0.409. The molecule has 0 unspecified atom stereocenters. The Labute approximate surface area is 176 Å². The predicted molar refractivity (Wildman–Crippen MR) is 113 cm³/mol. The van der Waals surface area contributed by atoms with Gasteiger partial charge in [0.1, 0.15) is 11.1 Å². The van der Waals surface area contributed by atoms with E-state index in [1.165, 1.54) is 11.8 Å². The van der Waals surface area contributed by atoms with E-state index in [1.807, 2.05) is 35.2 Å². The first-order valence-corrected chi connectivity index (χ1v) is 10.5. The zero-order valence-electron chi connectivity index (χ0n) is 16.9. The molecule has 1 aromatic carbocycles.